The fraction of sp³-hybridized carbons (Fsp3) is 0.600. The molecule has 5 heteroatoms. The van der Waals surface area contributed by atoms with Gasteiger partial charge in [-0.2, -0.15) is 0 Å². The molecule has 25 heavy (non-hydrogen) atoms. The summed E-state index contributed by atoms with van der Waals surface area (Å²) in [5.74, 6) is -0.248. The lowest BCUT2D eigenvalue weighted by Crippen LogP contribution is -2.42. The normalized spacial score (nSPS) is 23.5. The highest BCUT2D eigenvalue weighted by atomic mass is 16.3. The van der Waals surface area contributed by atoms with E-state index >= 15 is 0 Å². The largest absolute Gasteiger partial charge is 0.396 e. The second kappa shape index (κ2) is 8.48. The van der Waals surface area contributed by atoms with Gasteiger partial charge in [-0.1, -0.05) is 25.0 Å². The van der Waals surface area contributed by atoms with Crippen molar-refractivity contribution in [2.45, 2.75) is 44.9 Å². The number of rotatable bonds is 5. The molecule has 3 rings (SSSR count). The van der Waals surface area contributed by atoms with Gasteiger partial charge < -0.3 is 15.3 Å². The predicted molar refractivity (Wildman–Crippen MR) is 97.1 cm³/mol. The SMILES string of the molecule is O=C(Nc1ccc(CCO)cc1)C1CCCCC1C(=O)N1CCCC1. The van der Waals surface area contributed by atoms with E-state index in [2.05, 4.69) is 5.32 Å². The van der Waals surface area contributed by atoms with Gasteiger partial charge >= 0.3 is 0 Å². The summed E-state index contributed by atoms with van der Waals surface area (Å²) >= 11 is 0. The third-order valence-corrected chi connectivity index (χ3v) is 5.46. The first kappa shape index (κ1) is 17.9. The fourth-order valence-electron chi connectivity index (χ4n) is 4.03. The van der Waals surface area contributed by atoms with E-state index in [9.17, 15) is 9.59 Å². The van der Waals surface area contributed by atoms with Crippen LogP contribution in [-0.2, 0) is 16.0 Å². The molecular formula is C20H28N2O3. The average Bonchev–Trinajstić information content (AvgIpc) is 3.17. The maximum absolute atomic E-state index is 12.8. The van der Waals surface area contributed by atoms with Gasteiger partial charge in [0, 0.05) is 37.2 Å². The Balaban J connectivity index is 1.64. The Kier molecular flexibility index (Phi) is 6.08. The molecule has 0 radical (unpaired) electrons. The number of likely N-dealkylation sites (tertiary alicyclic amines) is 1. The fourth-order valence-corrected chi connectivity index (χ4v) is 4.03. The van der Waals surface area contributed by atoms with Crippen molar-refractivity contribution in [3.63, 3.8) is 0 Å². The zero-order valence-corrected chi connectivity index (χ0v) is 14.7. The Labute approximate surface area is 149 Å². The lowest BCUT2D eigenvalue weighted by molar-refractivity contribution is -0.141. The van der Waals surface area contributed by atoms with Crippen LogP contribution in [0.5, 0.6) is 0 Å². The van der Waals surface area contributed by atoms with Crippen LogP contribution >= 0.6 is 0 Å². The van der Waals surface area contributed by atoms with Crippen LogP contribution in [0.25, 0.3) is 0 Å². The number of aliphatic hydroxyl groups excluding tert-OH is 1. The summed E-state index contributed by atoms with van der Waals surface area (Å²) in [6, 6.07) is 7.56. The molecule has 0 bridgehead atoms. The Morgan fingerprint density at radius 1 is 1.00 bits per heavy atom. The van der Waals surface area contributed by atoms with Gasteiger partial charge in [-0.15, -0.1) is 0 Å². The average molecular weight is 344 g/mol. The Hall–Kier alpha value is -1.88. The number of carbonyl (C=O) groups excluding carboxylic acids is 2. The minimum atomic E-state index is -0.223. The van der Waals surface area contributed by atoms with Crippen molar-refractivity contribution in [2.75, 3.05) is 25.0 Å². The lowest BCUT2D eigenvalue weighted by atomic mass is 9.77. The third kappa shape index (κ3) is 4.40. The number of nitrogens with one attached hydrogen (secondary N) is 1. The van der Waals surface area contributed by atoms with E-state index in [4.69, 9.17) is 5.11 Å². The topological polar surface area (TPSA) is 69.6 Å². The maximum atomic E-state index is 12.8. The Bertz CT molecular complexity index is 593. The van der Waals surface area contributed by atoms with Crippen molar-refractivity contribution in [2.24, 2.45) is 11.8 Å². The Morgan fingerprint density at radius 2 is 1.64 bits per heavy atom. The second-order valence-corrected chi connectivity index (χ2v) is 7.19. The summed E-state index contributed by atoms with van der Waals surface area (Å²) in [5, 5.41) is 12.0. The van der Waals surface area contributed by atoms with Gasteiger partial charge in [0.2, 0.25) is 11.8 Å². The molecule has 1 aromatic rings. The van der Waals surface area contributed by atoms with Gasteiger partial charge in [0.1, 0.15) is 0 Å². The molecule has 1 aliphatic heterocycles. The summed E-state index contributed by atoms with van der Waals surface area (Å²) in [6.07, 6.45) is 6.43. The van der Waals surface area contributed by atoms with Gasteiger partial charge in [-0.05, 0) is 49.8 Å². The first-order valence-electron chi connectivity index (χ1n) is 9.48. The number of hydrogen-bond acceptors (Lipinski definition) is 3. The molecular weight excluding hydrogens is 316 g/mol. The molecule has 2 amide bonds. The Morgan fingerprint density at radius 3 is 2.28 bits per heavy atom. The van der Waals surface area contributed by atoms with Crippen LogP contribution in [0.2, 0.25) is 0 Å². The molecule has 1 aromatic carbocycles. The van der Waals surface area contributed by atoms with E-state index in [0.29, 0.717) is 6.42 Å². The predicted octanol–water partition coefficient (Wildman–Crippen LogP) is 2.59. The maximum Gasteiger partial charge on any atom is 0.228 e. The number of carbonyl (C=O) groups is 2. The van der Waals surface area contributed by atoms with E-state index in [-0.39, 0.29) is 30.3 Å². The van der Waals surface area contributed by atoms with Gasteiger partial charge in [0.15, 0.2) is 0 Å². The zero-order chi connectivity index (χ0) is 17.6. The number of aliphatic hydroxyl groups is 1. The molecule has 2 unspecified atom stereocenters. The highest BCUT2D eigenvalue weighted by molar-refractivity contribution is 5.96. The van der Waals surface area contributed by atoms with Gasteiger partial charge in [-0.3, -0.25) is 9.59 Å². The van der Waals surface area contributed by atoms with Gasteiger partial charge in [-0.25, -0.2) is 0 Å². The zero-order valence-electron chi connectivity index (χ0n) is 14.7. The van der Waals surface area contributed by atoms with Crippen LogP contribution in [0, 0.1) is 11.8 Å². The molecule has 2 fully saturated rings. The van der Waals surface area contributed by atoms with Crippen LogP contribution in [0.15, 0.2) is 24.3 Å². The summed E-state index contributed by atoms with van der Waals surface area (Å²) in [5.41, 5.74) is 1.80. The number of benzene rings is 1. The number of nitrogens with zero attached hydrogens (tertiary/aromatic N) is 1. The van der Waals surface area contributed by atoms with Crippen molar-refractivity contribution < 1.29 is 14.7 Å². The minimum absolute atomic E-state index is 0.0350. The molecule has 136 valence electrons. The highest BCUT2D eigenvalue weighted by Gasteiger charge is 2.38. The van der Waals surface area contributed by atoms with Crippen molar-refractivity contribution in [3.05, 3.63) is 29.8 Å². The third-order valence-electron chi connectivity index (χ3n) is 5.46. The molecule has 0 spiro atoms. The van der Waals surface area contributed by atoms with Gasteiger partial charge in [0.05, 0.1) is 0 Å². The van der Waals surface area contributed by atoms with Crippen molar-refractivity contribution in [3.8, 4) is 0 Å². The number of anilines is 1. The molecule has 1 heterocycles. The molecule has 1 saturated heterocycles. The first-order chi connectivity index (χ1) is 12.2. The monoisotopic (exact) mass is 344 g/mol. The van der Waals surface area contributed by atoms with E-state index in [1.165, 1.54) is 0 Å². The number of hydrogen-bond donors (Lipinski definition) is 2. The minimum Gasteiger partial charge on any atom is -0.396 e. The molecule has 5 nitrogen and oxygen atoms in total. The summed E-state index contributed by atoms with van der Waals surface area (Å²) in [6.45, 7) is 1.81. The van der Waals surface area contributed by atoms with Crippen LogP contribution in [0.3, 0.4) is 0 Å². The summed E-state index contributed by atoms with van der Waals surface area (Å²) < 4.78 is 0. The molecule has 0 aromatic heterocycles. The van der Waals surface area contributed by atoms with Crippen LogP contribution in [-0.4, -0.2) is 41.5 Å². The summed E-state index contributed by atoms with van der Waals surface area (Å²) in [4.78, 5) is 27.5. The number of amides is 2. The van der Waals surface area contributed by atoms with Gasteiger partial charge in [0.25, 0.3) is 0 Å². The van der Waals surface area contributed by atoms with E-state index in [1.54, 1.807) is 0 Å². The standard InChI is InChI=1S/C20H28N2O3/c23-14-11-15-7-9-16(10-8-15)21-19(24)17-5-1-2-6-18(17)20(25)22-12-3-4-13-22/h7-10,17-18,23H,1-6,11-14H2,(H,21,24). The molecule has 1 saturated carbocycles. The van der Waals surface area contributed by atoms with Crippen LogP contribution in [0.4, 0.5) is 5.69 Å². The van der Waals surface area contributed by atoms with Crippen molar-refractivity contribution >= 4 is 17.5 Å². The highest BCUT2D eigenvalue weighted by Crippen LogP contribution is 2.33. The van der Waals surface area contributed by atoms with E-state index < -0.39 is 0 Å². The van der Waals surface area contributed by atoms with Crippen molar-refractivity contribution in [1.29, 1.82) is 0 Å². The molecule has 2 aliphatic rings. The molecule has 1 aliphatic carbocycles. The smallest absolute Gasteiger partial charge is 0.228 e. The van der Waals surface area contributed by atoms with Crippen molar-refractivity contribution in [1.82, 2.24) is 4.90 Å². The lowest BCUT2D eigenvalue weighted by Gasteiger charge is -2.32. The molecule has 2 N–H and O–H groups in total. The van der Waals surface area contributed by atoms with E-state index in [0.717, 1.165) is 62.9 Å². The quantitative estimate of drug-likeness (QED) is 0.862. The summed E-state index contributed by atoms with van der Waals surface area (Å²) in [7, 11) is 0. The van der Waals surface area contributed by atoms with Crippen LogP contribution in [0.1, 0.15) is 44.1 Å². The van der Waals surface area contributed by atoms with E-state index in [1.807, 2.05) is 29.2 Å². The first-order valence-corrected chi connectivity index (χ1v) is 9.48. The second-order valence-electron chi connectivity index (χ2n) is 7.19. The molecule has 2 atom stereocenters. The van der Waals surface area contributed by atoms with Crippen LogP contribution < -0.4 is 5.32 Å².